The van der Waals surface area contributed by atoms with Crippen molar-refractivity contribution in [3.8, 4) is 5.75 Å². The minimum Gasteiger partial charge on any atom is -0.495 e. The van der Waals surface area contributed by atoms with Crippen LogP contribution in [0.1, 0.15) is 25.3 Å². The lowest BCUT2D eigenvalue weighted by molar-refractivity contribution is -0.127. The number of piperidine rings is 1. The van der Waals surface area contributed by atoms with Crippen molar-refractivity contribution in [2.75, 3.05) is 25.1 Å². The van der Waals surface area contributed by atoms with E-state index in [1.165, 1.54) is 0 Å². The van der Waals surface area contributed by atoms with Crippen LogP contribution >= 0.6 is 24.8 Å². The molecule has 28 heavy (non-hydrogen) atoms. The van der Waals surface area contributed by atoms with Gasteiger partial charge in [-0.1, -0.05) is 42.5 Å². The van der Waals surface area contributed by atoms with Crippen molar-refractivity contribution in [1.82, 2.24) is 5.32 Å². The summed E-state index contributed by atoms with van der Waals surface area (Å²) < 4.78 is 5.46. The quantitative estimate of drug-likeness (QED) is 0.768. The number of hydrogen-bond donors (Lipinski definition) is 2. The molecule has 1 aliphatic heterocycles. The highest BCUT2D eigenvalue weighted by molar-refractivity contribution is 5.87. The first-order chi connectivity index (χ1) is 12.5. The number of hydrogen-bond acceptors (Lipinski definition) is 4. The number of carbonyl (C=O) groups is 1. The van der Waals surface area contributed by atoms with Gasteiger partial charge in [-0.3, -0.25) is 4.79 Å². The maximum atomic E-state index is 12.7. The molecule has 154 valence electrons. The van der Waals surface area contributed by atoms with E-state index in [4.69, 9.17) is 10.5 Å². The van der Waals surface area contributed by atoms with Crippen LogP contribution in [0.4, 0.5) is 5.69 Å². The lowest BCUT2D eigenvalue weighted by atomic mass is 9.91. The molecule has 1 aliphatic rings. The van der Waals surface area contributed by atoms with Gasteiger partial charge in [-0.25, -0.2) is 0 Å². The summed E-state index contributed by atoms with van der Waals surface area (Å²) >= 11 is 0. The summed E-state index contributed by atoms with van der Waals surface area (Å²) in [4.78, 5) is 15.0. The van der Waals surface area contributed by atoms with E-state index in [0.29, 0.717) is 0 Å². The number of nitrogens with two attached hydrogens (primary N) is 1. The second-order valence-electron chi connectivity index (χ2n) is 6.98. The van der Waals surface area contributed by atoms with E-state index >= 15 is 0 Å². The van der Waals surface area contributed by atoms with E-state index < -0.39 is 5.54 Å². The number of ether oxygens (including phenoxy) is 1. The third-order valence-corrected chi connectivity index (χ3v) is 5.10. The van der Waals surface area contributed by atoms with Crippen LogP contribution < -0.4 is 20.7 Å². The van der Waals surface area contributed by atoms with Crippen molar-refractivity contribution in [2.45, 2.75) is 31.3 Å². The van der Waals surface area contributed by atoms with Gasteiger partial charge < -0.3 is 20.7 Å². The van der Waals surface area contributed by atoms with Gasteiger partial charge in [0.25, 0.3) is 0 Å². The van der Waals surface area contributed by atoms with E-state index in [0.717, 1.165) is 42.9 Å². The standard InChI is InChI=1S/C21H27N3O2.2ClH/c1-21(22,16-8-4-3-5-9-16)20(25)23-17-12-14-24(15-13-17)18-10-6-7-11-19(18)26-2;;/h3-11,17H,12-15,22H2,1-2H3,(H,23,25);2*1H. The number of rotatable bonds is 5. The van der Waals surface area contributed by atoms with Crippen LogP contribution in [0.2, 0.25) is 0 Å². The average Bonchev–Trinajstić information content (AvgIpc) is 2.69. The second-order valence-corrected chi connectivity index (χ2v) is 6.98. The summed E-state index contributed by atoms with van der Waals surface area (Å²) in [7, 11) is 1.69. The highest BCUT2D eigenvalue weighted by atomic mass is 35.5. The monoisotopic (exact) mass is 425 g/mol. The molecule has 0 bridgehead atoms. The predicted octanol–water partition coefficient (Wildman–Crippen LogP) is 3.50. The number of amides is 1. The van der Waals surface area contributed by atoms with Crippen molar-refractivity contribution in [3.63, 3.8) is 0 Å². The molecule has 1 heterocycles. The molecule has 7 heteroatoms. The van der Waals surface area contributed by atoms with Crippen LogP contribution in [0.5, 0.6) is 5.75 Å². The minimum atomic E-state index is -1.03. The number of methoxy groups -OCH3 is 1. The third kappa shape index (κ3) is 5.31. The summed E-state index contributed by atoms with van der Waals surface area (Å²) in [5.41, 5.74) is 7.22. The van der Waals surface area contributed by atoms with Gasteiger partial charge in [0.05, 0.1) is 12.8 Å². The highest BCUT2D eigenvalue weighted by Gasteiger charge is 2.32. The smallest absolute Gasteiger partial charge is 0.244 e. The van der Waals surface area contributed by atoms with Crippen molar-refractivity contribution in [2.24, 2.45) is 5.73 Å². The summed E-state index contributed by atoms with van der Waals surface area (Å²) in [5, 5.41) is 3.14. The molecule has 1 amide bonds. The van der Waals surface area contributed by atoms with Crippen molar-refractivity contribution in [3.05, 3.63) is 60.2 Å². The summed E-state index contributed by atoms with van der Waals surface area (Å²) in [6, 6.07) is 17.7. The first-order valence-corrected chi connectivity index (χ1v) is 9.05. The molecule has 0 spiro atoms. The zero-order valence-corrected chi connectivity index (χ0v) is 17.9. The maximum Gasteiger partial charge on any atom is 0.244 e. The minimum absolute atomic E-state index is 0. The lowest BCUT2D eigenvalue weighted by Crippen LogP contribution is -2.54. The van der Waals surface area contributed by atoms with Gasteiger partial charge in [-0.15, -0.1) is 24.8 Å². The fraction of sp³-hybridized carbons (Fsp3) is 0.381. The van der Waals surface area contributed by atoms with E-state index in [-0.39, 0.29) is 36.8 Å². The SMILES string of the molecule is COc1ccccc1N1CCC(NC(=O)C(C)(N)c2ccccc2)CC1.Cl.Cl. The molecule has 1 fully saturated rings. The van der Waals surface area contributed by atoms with Gasteiger partial charge in [-0.2, -0.15) is 0 Å². The van der Waals surface area contributed by atoms with Crippen molar-refractivity contribution < 1.29 is 9.53 Å². The number of para-hydroxylation sites is 2. The van der Waals surface area contributed by atoms with Crippen LogP contribution in [0, 0.1) is 0 Å². The Hall–Kier alpha value is -1.95. The largest absolute Gasteiger partial charge is 0.495 e. The molecule has 0 aliphatic carbocycles. The molecule has 5 nitrogen and oxygen atoms in total. The van der Waals surface area contributed by atoms with Gasteiger partial charge in [0.2, 0.25) is 5.91 Å². The number of benzene rings is 2. The molecule has 0 saturated carbocycles. The van der Waals surface area contributed by atoms with E-state index in [9.17, 15) is 4.79 Å². The molecular weight excluding hydrogens is 397 g/mol. The lowest BCUT2D eigenvalue weighted by Gasteiger charge is -2.36. The van der Waals surface area contributed by atoms with Crippen molar-refractivity contribution in [1.29, 1.82) is 0 Å². The van der Waals surface area contributed by atoms with Gasteiger partial charge in [0.15, 0.2) is 0 Å². The third-order valence-electron chi connectivity index (χ3n) is 5.10. The molecule has 2 aromatic carbocycles. The van der Waals surface area contributed by atoms with Gasteiger partial charge in [-0.05, 0) is 37.5 Å². The Morgan fingerprint density at radius 2 is 1.64 bits per heavy atom. The van der Waals surface area contributed by atoms with Crippen molar-refractivity contribution >= 4 is 36.4 Å². The van der Waals surface area contributed by atoms with Gasteiger partial charge >= 0.3 is 0 Å². The van der Waals surface area contributed by atoms with Crippen LogP contribution in [0.3, 0.4) is 0 Å². The van der Waals surface area contributed by atoms with E-state index in [1.54, 1.807) is 14.0 Å². The first kappa shape index (κ1) is 24.1. The van der Waals surface area contributed by atoms with Gasteiger partial charge in [0.1, 0.15) is 11.3 Å². The molecule has 1 unspecified atom stereocenters. The molecule has 3 rings (SSSR count). The predicted molar refractivity (Wildman–Crippen MR) is 119 cm³/mol. The molecule has 3 N–H and O–H groups in total. The maximum absolute atomic E-state index is 12.7. The Balaban J connectivity index is 0.00000196. The molecule has 2 aromatic rings. The average molecular weight is 426 g/mol. The summed E-state index contributed by atoms with van der Waals surface area (Å²) in [6.07, 6.45) is 1.77. The first-order valence-electron chi connectivity index (χ1n) is 9.05. The fourth-order valence-electron chi connectivity index (χ4n) is 3.41. The number of nitrogens with zero attached hydrogens (tertiary/aromatic N) is 1. The zero-order valence-electron chi connectivity index (χ0n) is 16.3. The fourth-order valence-corrected chi connectivity index (χ4v) is 3.41. The molecule has 0 radical (unpaired) electrons. The number of anilines is 1. The molecule has 1 atom stereocenters. The number of nitrogens with one attached hydrogen (secondary N) is 1. The summed E-state index contributed by atoms with van der Waals surface area (Å²) in [6.45, 7) is 3.51. The Bertz CT molecular complexity index is 748. The normalized spacial score (nSPS) is 16.2. The van der Waals surface area contributed by atoms with Crippen LogP contribution in [-0.4, -0.2) is 32.1 Å². The van der Waals surface area contributed by atoms with Crippen LogP contribution in [-0.2, 0) is 10.3 Å². The van der Waals surface area contributed by atoms with Crippen LogP contribution in [0.15, 0.2) is 54.6 Å². The second kappa shape index (κ2) is 10.6. The number of halogens is 2. The Morgan fingerprint density at radius 3 is 2.25 bits per heavy atom. The highest BCUT2D eigenvalue weighted by Crippen LogP contribution is 2.30. The molecule has 0 aromatic heterocycles. The van der Waals surface area contributed by atoms with E-state index in [2.05, 4.69) is 16.3 Å². The topological polar surface area (TPSA) is 67.6 Å². The summed E-state index contributed by atoms with van der Waals surface area (Å²) in [5.74, 6) is 0.757. The zero-order chi connectivity index (χ0) is 18.6. The Labute approximate surface area is 179 Å². The Kier molecular flexibility index (Phi) is 9.08. The van der Waals surface area contributed by atoms with E-state index in [1.807, 2.05) is 48.5 Å². The number of carbonyl (C=O) groups excluding carboxylic acids is 1. The Morgan fingerprint density at radius 1 is 1.07 bits per heavy atom. The van der Waals surface area contributed by atoms with Gasteiger partial charge in [0, 0.05) is 19.1 Å². The molecular formula is C21H29Cl2N3O2. The molecule has 1 saturated heterocycles. The van der Waals surface area contributed by atoms with Crippen LogP contribution in [0.25, 0.3) is 0 Å².